The smallest absolute Gasteiger partial charge is 0.265 e. The molecule has 0 fully saturated rings. The molecule has 2 aromatic heterocycles. The van der Waals surface area contributed by atoms with E-state index in [0.29, 0.717) is 16.8 Å². The Hall–Kier alpha value is -2.00. The molecule has 0 aliphatic carbocycles. The fourth-order valence-corrected chi connectivity index (χ4v) is 3.62. The summed E-state index contributed by atoms with van der Waals surface area (Å²) in [6.07, 6.45) is 0. The number of rotatable bonds is 3. The highest BCUT2D eigenvalue weighted by Gasteiger charge is 2.24. The highest BCUT2D eigenvalue weighted by molar-refractivity contribution is 7.93. The van der Waals surface area contributed by atoms with E-state index in [2.05, 4.69) is 18.6 Å². The van der Waals surface area contributed by atoms with E-state index in [4.69, 9.17) is 4.52 Å². The molecule has 22 heavy (non-hydrogen) atoms. The lowest BCUT2D eigenvalue weighted by Gasteiger charge is -2.12. The number of anilines is 1. The molecular formula is C13H14N4O3S2. The number of sulfonamides is 1. The van der Waals surface area contributed by atoms with Crippen LogP contribution in [0.3, 0.4) is 0 Å². The number of benzene rings is 1. The van der Waals surface area contributed by atoms with Crippen LogP contribution in [0, 0.1) is 0 Å². The maximum Gasteiger partial charge on any atom is 0.265 e. The van der Waals surface area contributed by atoms with Gasteiger partial charge in [0.25, 0.3) is 10.0 Å². The van der Waals surface area contributed by atoms with Crippen LogP contribution in [0.1, 0.15) is 26.5 Å². The van der Waals surface area contributed by atoms with E-state index in [0.717, 1.165) is 11.7 Å². The number of hydrogen-bond donors (Lipinski definition) is 1. The molecule has 116 valence electrons. The Kier molecular flexibility index (Phi) is 3.41. The first kappa shape index (κ1) is 14.9. The zero-order valence-electron chi connectivity index (χ0n) is 12.2. The Bertz CT molecular complexity index is 922. The van der Waals surface area contributed by atoms with Crippen molar-refractivity contribution < 1.29 is 12.9 Å². The van der Waals surface area contributed by atoms with Gasteiger partial charge in [-0.15, -0.1) is 0 Å². The van der Waals surface area contributed by atoms with Gasteiger partial charge in [0.05, 0.1) is 11.7 Å². The molecule has 0 aliphatic rings. The third-order valence-corrected chi connectivity index (χ3v) is 4.96. The molecule has 0 radical (unpaired) electrons. The van der Waals surface area contributed by atoms with Gasteiger partial charge < -0.3 is 4.52 Å². The topological polar surface area (TPSA) is 98.0 Å². The Labute approximate surface area is 131 Å². The third kappa shape index (κ3) is 2.69. The Balaban J connectivity index is 1.97. The standard InChI is InChI=1S/C13H14N4O3S2/c1-13(2,3)10-7-11(14-20-10)17-22(18,19)9-6-4-5-8-12(9)16-21-15-8/h4-7H,1-3H3,(H,14,17). The van der Waals surface area contributed by atoms with Gasteiger partial charge in [0.2, 0.25) is 0 Å². The van der Waals surface area contributed by atoms with Crippen molar-refractivity contribution in [2.45, 2.75) is 31.1 Å². The number of hydrogen-bond acceptors (Lipinski definition) is 7. The van der Waals surface area contributed by atoms with Crippen LogP contribution in [-0.4, -0.2) is 22.3 Å². The number of aromatic nitrogens is 3. The molecule has 9 heteroatoms. The molecule has 2 heterocycles. The quantitative estimate of drug-likeness (QED) is 0.788. The van der Waals surface area contributed by atoms with Gasteiger partial charge in [-0.1, -0.05) is 32.0 Å². The average molecular weight is 338 g/mol. The van der Waals surface area contributed by atoms with Gasteiger partial charge in [0.15, 0.2) is 5.82 Å². The van der Waals surface area contributed by atoms with Crippen LogP contribution in [-0.2, 0) is 15.4 Å². The van der Waals surface area contributed by atoms with Crippen molar-refractivity contribution in [1.29, 1.82) is 0 Å². The van der Waals surface area contributed by atoms with Crippen LogP contribution in [0.15, 0.2) is 33.7 Å². The maximum atomic E-state index is 12.5. The van der Waals surface area contributed by atoms with Crippen LogP contribution in [0.2, 0.25) is 0 Å². The molecular weight excluding hydrogens is 324 g/mol. The van der Waals surface area contributed by atoms with Gasteiger partial charge in [0, 0.05) is 11.5 Å². The molecule has 0 unspecified atom stereocenters. The fourth-order valence-electron chi connectivity index (χ4n) is 1.87. The zero-order valence-corrected chi connectivity index (χ0v) is 13.8. The summed E-state index contributed by atoms with van der Waals surface area (Å²) in [4.78, 5) is 0.0686. The van der Waals surface area contributed by atoms with Crippen molar-refractivity contribution in [3.63, 3.8) is 0 Å². The summed E-state index contributed by atoms with van der Waals surface area (Å²) < 4.78 is 40.7. The van der Waals surface area contributed by atoms with E-state index in [9.17, 15) is 8.42 Å². The lowest BCUT2D eigenvalue weighted by Crippen LogP contribution is -2.14. The molecule has 0 saturated heterocycles. The largest absolute Gasteiger partial charge is 0.359 e. The zero-order chi connectivity index (χ0) is 16.0. The molecule has 3 aromatic rings. The van der Waals surface area contributed by atoms with Crippen molar-refractivity contribution in [2.24, 2.45) is 0 Å². The molecule has 0 bridgehead atoms. The molecule has 0 spiro atoms. The van der Waals surface area contributed by atoms with Crippen molar-refractivity contribution >= 4 is 38.6 Å². The highest BCUT2D eigenvalue weighted by Crippen LogP contribution is 2.27. The average Bonchev–Trinajstić information content (AvgIpc) is 3.04. The normalized spacial score (nSPS) is 12.7. The summed E-state index contributed by atoms with van der Waals surface area (Å²) in [7, 11) is -3.81. The molecule has 3 rings (SSSR count). The predicted octanol–water partition coefficient (Wildman–Crippen LogP) is 2.78. The third-order valence-electron chi connectivity index (χ3n) is 3.03. The van der Waals surface area contributed by atoms with E-state index >= 15 is 0 Å². The first-order valence-electron chi connectivity index (χ1n) is 6.49. The molecule has 1 N–H and O–H groups in total. The number of fused-ring (bicyclic) bond motifs is 1. The van der Waals surface area contributed by atoms with Crippen molar-refractivity contribution in [2.75, 3.05) is 4.72 Å². The summed E-state index contributed by atoms with van der Waals surface area (Å²) in [5.74, 6) is 0.740. The van der Waals surface area contributed by atoms with E-state index < -0.39 is 10.0 Å². The maximum absolute atomic E-state index is 12.5. The summed E-state index contributed by atoms with van der Waals surface area (Å²) in [5, 5.41) is 3.76. The van der Waals surface area contributed by atoms with Gasteiger partial charge in [-0.05, 0) is 12.1 Å². The molecule has 7 nitrogen and oxygen atoms in total. The van der Waals surface area contributed by atoms with Gasteiger partial charge in [0.1, 0.15) is 21.7 Å². The Morgan fingerprint density at radius 2 is 2.00 bits per heavy atom. The van der Waals surface area contributed by atoms with Crippen LogP contribution in [0.25, 0.3) is 11.0 Å². The van der Waals surface area contributed by atoms with Gasteiger partial charge >= 0.3 is 0 Å². The fraction of sp³-hybridized carbons (Fsp3) is 0.308. The molecule has 0 atom stereocenters. The predicted molar refractivity (Wildman–Crippen MR) is 83.4 cm³/mol. The highest BCUT2D eigenvalue weighted by atomic mass is 32.2. The van der Waals surface area contributed by atoms with Crippen LogP contribution >= 0.6 is 11.7 Å². The SMILES string of the molecule is CC(C)(C)c1cc(NS(=O)(=O)c2cccc3nsnc23)no1. The minimum Gasteiger partial charge on any atom is -0.359 e. The van der Waals surface area contributed by atoms with Gasteiger partial charge in [-0.2, -0.15) is 8.75 Å². The molecule has 1 aromatic carbocycles. The Morgan fingerprint density at radius 3 is 2.68 bits per heavy atom. The second-order valence-electron chi connectivity index (χ2n) is 5.82. The van der Waals surface area contributed by atoms with E-state index in [1.807, 2.05) is 20.8 Å². The lowest BCUT2D eigenvalue weighted by atomic mass is 9.93. The van der Waals surface area contributed by atoms with E-state index in [1.54, 1.807) is 18.2 Å². The van der Waals surface area contributed by atoms with Crippen LogP contribution in [0.5, 0.6) is 0 Å². The summed E-state index contributed by atoms with van der Waals surface area (Å²) in [6.45, 7) is 5.86. The number of nitrogens with one attached hydrogen (secondary N) is 1. The second kappa shape index (κ2) is 5.03. The van der Waals surface area contributed by atoms with Gasteiger partial charge in [-0.3, -0.25) is 4.72 Å². The first-order chi connectivity index (χ1) is 10.3. The first-order valence-corrected chi connectivity index (χ1v) is 8.70. The van der Waals surface area contributed by atoms with Crippen LogP contribution in [0.4, 0.5) is 5.82 Å². The minimum atomic E-state index is -3.81. The monoisotopic (exact) mass is 338 g/mol. The summed E-state index contributed by atoms with van der Waals surface area (Å²) in [6, 6.07) is 6.40. The minimum absolute atomic E-state index is 0.0686. The lowest BCUT2D eigenvalue weighted by molar-refractivity contribution is 0.331. The van der Waals surface area contributed by atoms with Gasteiger partial charge in [-0.25, -0.2) is 8.42 Å². The van der Waals surface area contributed by atoms with Crippen LogP contribution < -0.4 is 4.72 Å². The molecule has 0 aliphatic heterocycles. The van der Waals surface area contributed by atoms with Crippen molar-refractivity contribution in [3.05, 3.63) is 30.0 Å². The summed E-state index contributed by atoms with van der Waals surface area (Å²) >= 11 is 0.971. The molecule has 0 saturated carbocycles. The van der Waals surface area contributed by atoms with E-state index in [1.165, 1.54) is 6.07 Å². The summed E-state index contributed by atoms with van der Waals surface area (Å²) in [5.41, 5.74) is 0.637. The Morgan fingerprint density at radius 1 is 1.23 bits per heavy atom. The number of nitrogens with zero attached hydrogens (tertiary/aromatic N) is 3. The molecule has 0 amide bonds. The van der Waals surface area contributed by atoms with E-state index in [-0.39, 0.29) is 16.1 Å². The van der Waals surface area contributed by atoms with Crippen molar-refractivity contribution in [1.82, 2.24) is 13.9 Å². The second-order valence-corrected chi connectivity index (χ2v) is 8.00. The van der Waals surface area contributed by atoms with Crippen molar-refractivity contribution in [3.8, 4) is 0 Å².